The van der Waals surface area contributed by atoms with Crippen molar-refractivity contribution in [3.63, 3.8) is 0 Å². The number of aromatic nitrogens is 3. The number of nitrogens with zero attached hydrogens (tertiary/aromatic N) is 4. The average molecular weight is 279 g/mol. The van der Waals surface area contributed by atoms with E-state index in [4.69, 9.17) is 11.6 Å². The van der Waals surface area contributed by atoms with Crippen molar-refractivity contribution in [2.75, 3.05) is 20.1 Å². The van der Waals surface area contributed by atoms with Crippen LogP contribution in [0.5, 0.6) is 0 Å². The SMILES string of the molecule is Cc1cnc2c(c1)nc(CCl)n2C1CCCN(C)C1. The summed E-state index contributed by atoms with van der Waals surface area (Å²) in [7, 11) is 2.17. The minimum absolute atomic E-state index is 0.438. The van der Waals surface area contributed by atoms with Crippen molar-refractivity contribution in [1.82, 2.24) is 19.4 Å². The second-order valence-corrected chi connectivity index (χ2v) is 5.71. The van der Waals surface area contributed by atoms with Gasteiger partial charge in [-0.05, 0) is 45.0 Å². The number of hydrogen-bond donors (Lipinski definition) is 0. The summed E-state index contributed by atoms with van der Waals surface area (Å²) >= 11 is 6.07. The third kappa shape index (κ3) is 2.35. The van der Waals surface area contributed by atoms with E-state index < -0.39 is 0 Å². The van der Waals surface area contributed by atoms with Gasteiger partial charge in [-0.15, -0.1) is 11.6 Å². The Bertz CT molecular complexity index is 592. The topological polar surface area (TPSA) is 34.0 Å². The minimum Gasteiger partial charge on any atom is -0.307 e. The molecule has 2 aromatic heterocycles. The zero-order chi connectivity index (χ0) is 13.4. The summed E-state index contributed by atoms with van der Waals surface area (Å²) in [4.78, 5) is 11.6. The first-order valence-corrected chi connectivity index (χ1v) is 7.30. The first-order valence-electron chi connectivity index (χ1n) is 6.77. The van der Waals surface area contributed by atoms with Crippen LogP contribution in [-0.2, 0) is 5.88 Å². The fourth-order valence-electron chi connectivity index (χ4n) is 2.96. The van der Waals surface area contributed by atoms with Crippen LogP contribution in [0.3, 0.4) is 0 Å². The van der Waals surface area contributed by atoms with Crippen LogP contribution in [0.25, 0.3) is 11.2 Å². The molecule has 1 unspecified atom stereocenters. The zero-order valence-corrected chi connectivity index (χ0v) is 12.2. The summed E-state index contributed by atoms with van der Waals surface area (Å²) in [6.07, 6.45) is 4.30. The molecule has 0 saturated carbocycles. The third-order valence-corrected chi connectivity index (χ3v) is 4.06. The Morgan fingerprint density at radius 2 is 2.32 bits per heavy atom. The van der Waals surface area contributed by atoms with Crippen molar-refractivity contribution in [3.8, 4) is 0 Å². The number of piperidine rings is 1. The molecule has 1 aliphatic rings. The second kappa shape index (κ2) is 5.10. The van der Waals surface area contributed by atoms with Crippen LogP contribution >= 0.6 is 11.6 Å². The molecular formula is C14H19ClN4. The van der Waals surface area contributed by atoms with Crippen molar-refractivity contribution >= 4 is 22.8 Å². The second-order valence-electron chi connectivity index (χ2n) is 5.45. The molecule has 19 heavy (non-hydrogen) atoms. The Morgan fingerprint density at radius 3 is 3.05 bits per heavy atom. The van der Waals surface area contributed by atoms with Gasteiger partial charge in [-0.1, -0.05) is 0 Å². The van der Waals surface area contributed by atoms with Crippen LogP contribution in [0, 0.1) is 6.92 Å². The predicted molar refractivity (Wildman–Crippen MR) is 77.6 cm³/mol. The maximum absolute atomic E-state index is 6.07. The Morgan fingerprint density at radius 1 is 1.47 bits per heavy atom. The molecule has 0 aromatic carbocycles. The van der Waals surface area contributed by atoms with E-state index >= 15 is 0 Å². The Balaban J connectivity index is 2.10. The molecule has 0 radical (unpaired) electrons. The van der Waals surface area contributed by atoms with Gasteiger partial charge in [0.2, 0.25) is 0 Å². The van der Waals surface area contributed by atoms with Crippen LogP contribution in [0.4, 0.5) is 0 Å². The van der Waals surface area contributed by atoms with E-state index in [0.717, 1.165) is 29.1 Å². The molecule has 1 saturated heterocycles. The van der Waals surface area contributed by atoms with Gasteiger partial charge in [-0.25, -0.2) is 9.97 Å². The molecule has 3 rings (SSSR count). The number of likely N-dealkylation sites (N-methyl/N-ethyl adjacent to an activating group) is 1. The van der Waals surface area contributed by atoms with Crippen LogP contribution in [-0.4, -0.2) is 39.6 Å². The average Bonchev–Trinajstić information content (AvgIpc) is 2.76. The molecule has 4 nitrogen and oxygen atoms in total. The number of aryl methyl sites for hydroxylation is 1. The lowest BCUT2D eigenvalue weighted by atomic mass is 10.1. The maximum Gasteiger partial charge on any atom is 0.160 e. The molecule has 1 fully saturated rings. The molecule has 1 aliphatic heterocycles. The van der Waals surface area contributed by atoms with Gasteiger partial charge in [0, 0.05) is 18.8 Å². The van der Waals surface area contributed by atoms with Gasteiger partial charge >= 0.3 is 0 Å². The van der Waals surface area contributed by atoms with E-state index in [0.29, 0.717) is 11.9 Å². The van der Waals surface area contributed by atoms with E-state index in [1.165, 1.54) is 19.4 Å². The van der Waals surface area contributed by atoms with Crippen molar-refractivity contribution in [1.29, 1.82) is 0 Å². The molecule has 5 heteroatoms. The van der Waals surface area contributed by atoms with Crippen LogP contribution in [0.15, 0.2) is 12.3 Å². The number of rotatable bonds is 2. The number of pyridine rings is 1. The summed E-state index contributed by atoms with van der Waals surface area (Å²) in [6.45, 7) is 4.26. The van der Waals surface area contributed by atoms with E-state index in [9.17, 15) is 0 Å². The van der Waals surface area contributed by atoms with Crippen molar-refractivity contribution in [3.05, 3.63) is 23.7 Å². The van der Waals surface area contributed by atoms with Gasteiger partial charge in [-0.2, -0.15) is 0 Å². The number of halogens is 1. The minimum atomic E-state index is 0.438. The van der Waals surface area contributed by atoms with Crippen molar-refractivity contribution in [2.24, 2.45) is 0 Å². The lowest BCUT2D eigenvalue weighted by Gasteiger charge is -2.31. The lowest BCUT2D eigenvalue weighted by Crippen LogP contribution is -2.34. The molecule has 0 aliphatic carbocycles. The molecular weight excluding hydrogens is 260 g/mol. The van der Waals surface area contributed by atoms with Gasteiger partial charge in [0.15, 0.2) is 5.65 Å². The molecule has 0 amide bonds. The van der Waals surface area contributed by atoms with Crippen LogP contribution in [0.1, 0.15) is 30.3 Å². The molecule has 1 atom stereocenters. The van der Waals surface area contributed by atoms with E-state index in [2.05, 4.69) is 32.5 Å². The highest BCUT2D eigenvalue weighted by molar-refractivity contribution is 6.16. The van der Waals surface area contributed by atoms with Gasteiger partial charge in [0.1, 0.15) is 11.3 Å². The molecule has 102 valence electrons. The fraction of sp³-hybridized carbons (Fsp3) is 0.571. The third-order valence-electron chi connectivity index (χ3n) is 3.82. The predicted octanol–water partition coefficient (Wildman–Crippen LogP) is 2.75. The summed E-state index contributed by atoms with van der Waals surface area (Å²) in [6, 6.07) is 2.52. The Hall–Kier alpha value is -1.13. The Labute approximate surface area is 118 Å². The highest BCUT2D eigenvalue weighted by atomic mass is 35.5. The normalized spacial score (nSPS) is 21.1. The number of fused-ring (bicyclic) bond motifs is 1. The Kier molecular flexibility index (Phi) is 3.46. The quantitative estimate of drug-likeness (QED) is 0.792. The van der Waals surface area contributed by atoms with Gasteiger partial charge in [0.25, 0.3) is 0 Å². The van der Waals surface area contributed by atoms with Crippen LogP contribution in [0.2, 0.25) is 0 Å². The monoisotopic (exact) mass is 278 g/mol. The first kappa shape index (κ1) is 12.9. The number of hydrogen-bond acceptors (Lipinski definition) is 3. The standard InChI is InChI=1S/C14H19ClN4/c1-10-6-12-14(16-8-10)19(13(7-15)17-12)11-4-3-5-18(2)9-11/h6,8,11H,3-5,7,9H2,1-2H3. The summed E-state index contributed by atoms with van der Waals surface area (Å²) in [5.41, 5.74) is 3.07. The summed E-state index contributed by atoms with van der Waals surface area (Å²) in [5, 5.41) is 0. The smallest absolute Gasteiger partial charge is 0.160 e. The maximum atomic E-state index is 6.07. The van der Waals surface area contributed by atoms with Gasteiger partial charge in [0.05, 0.1) is 5.88 Å². The molecule has 0 bridgehead atoms. The highest BCUT2D eigenvalue weighted by Gasteiger charge is 2.23. The van der Waals surface area contributed by atoms with Crippen LogP contribution < -0.4 is 0 Å². The van der Waals surface area contributed by atoms with Gasteiger partial charge in [-0.3, -0.25) is 0 Å². The van der Waals surface area contributed by atoms with Gasteiger partial charge < -0.3 is 9.47 Å². The lowest BCUT2D eigenvalue weighted by molar-refractivity contribution is 0.212. The van der Waals surface area contributed by atoms with Crippen molar-refractivity contribution in [2.45, 2.75) is 31.7 Å². The van der Waals surface area contributed by atoms with Crippen molar-refractivity contribution < 1.29 is 0 Å². The summed E-state index contributed by atoms with van der Waals surface area (Å²) in [5.74, 6) is 1.38. The number of alkyl halides is 1. The zero-order valence-electron chi connectivity index (χ0n) is 11.4. The fourth-order valence-corrected chi connectivity index (χ4v) is 3.15. The van der Waals surface area contributed by atoms with E-state index in [1.807, 2.05) is 13.1 Å². The van der Waals surface area contributed by atoms with E-state index in [1.54, 1.807) is 0 Å². The molecule has 0 spiro atoms. The highest BCUT2D eigenvalue weighted by Crippen LogP contribution is 2.27. The molecule has 2 aromatic rings. The molecule has 0 N–H and O–H groups in total. The van der Waals surface area contributed by atoms with E-state index in [-0.39, 0.29) is 0 Å². The first-order chi connectivity index (χ1) is 9.19. The number of likely N-dealkylation sites (tertiary alicyclic amines) is 1. The number of imidazole rings is 1. The largest absolute Gasteiger partial charge is 0.307 e. The molecule has 3 heterocycles. The summed E-state index contributed by atoms with van der Waals surface area (Å²) < 4.78 is 2.25.